The molecule has 0 spiro atoms. The molecule has 2 N–H and O–H groups in total. The average Bonchev–Trinajstić information content (AvgIpc) is 2.93. The summed E-state index contributed by atoms with van der Waals surface area (Å²) in [5, 5.41) is 11.3. The lowest BCUT2D eigenvalue weighted by molar-refractivity contribution is 0.0449. The van der Waals surface area contributed by atoms with Crippen LogP contribution in [0.2, 0.25) is 5.02 Å². The smallest absolute Gasteiger partial charge is 0.339 e. The van der Waals surface area contributed by atoms with Gasteiger partial charge in [-0.25, -0.2) is 4.79 Å². The van der Waals surface area contributed by atoms with Gasteiger partial charge in [-0.05, 0) is 42.5 Å². The van der Waals surface area contributed by atoms with Crippen LogP contribution in [0.3, 0.4) is 0 Å². The van der Waals surface area contributed by atoms with Crippen LogP contribution in [0, 0.1) is 4.77 Å². The van der Waals surface area contributed by atoms with Crippen molar-refractivity contribution in [3.63, 3.8) is 0 Å². The van der Waals surface area contributed by atoms with Gasteiger partial charge in [-0.15, -0.1) is 0 Å². The van der Waals surface area contributed by atoms with Gasteiger partial charge >= 0.3 is 5.97 Å². The van der Waals surface area contributed by atoms with E-state index in [1.54, 1.807) is 48.5 Å². The van der Waals surface area contributed by atoms with E-state index in [1.807, 2.05) is 0 Å². The maximum absolute atomic E-state index is 12.5. The van der Waals surface area contributed by atoms with Gasteiger partial charge in [0.15, 0.2) is 10.9 Å². The van der Waals surface area contributed by atoms with Gasteiger partial charge in [0.25, 0.3) is 5.56 Å². The first-order valence-electron chi connectivity index (χ1n) is 7.61. The maximum atomic E-state index is 12.5. The Hall–Kier alpha value is -2.90. The van der Waals surface area contributed by atoms with Crippen molar-refractivity contribution in [2.45, 2.75) is 6.10 Å². The van der Waals surface area contributed by atoms with E-state index in [-0.39, 0.29) is 10.3 Å². The molecule has 0 saturated carbocycles. The van der Waals surface area contributed by atoms with E-state index in [0.29, 0.717) is 21.8 Å². The molecule has 6 nitrogen and oxygen atoms in total. The summed E-state index contributed by atoms with van der Waals surface area (Å²) in [6.45, 7) is 0. The van der Waals surface area contributed by atoms with Gasteiger partial charge in [0, 0.05) is 10.6 Å². The first-order valence-corrected chi connectivity index (χ1v) is 8.40. The number of aromatic amines is 1. The number of benzene rings is 2. The number of nitrogens with zero attached hydrogens (tertiary/aromatic N) is 1. The number of aromatic nitrogens is 2. The summed E-state index contributed by atoms with van der Waals surface area (Å²) in [6.07, 6.45) is -1.02. The molecule has 4 rings (SSSR count). The van der Waals surface area contributed by atoms with Crippen molar-refractivity contribution >= 4 is 29.8 Å². The number of fused-ring (bicyclic) bond motifs is 1. The van der Waals surface area contributed by atoms with E-state index in [4.69, 9.17) is 28.6 Å². The number of ether oxygens (including phenoxy) is 1. The van der Waals surface area contributed by atoms with E-state index in [1.165, 1.54) is 4.57 Å². The monoisotopic (exact) mass is 386 g/mol. The molecule has 0 radical (unpaired) electrons. The fourth-order valence-electron chi connectivity index (χ4n) is 2.96. The predicted octanol–water partition coefficient (Wildman–Crippen LogP) is 3.51. The maximum Gasteiger partial charge on any atom is 0.339 e. The predicted molar refractivity (Wildman–Crippen MR) is 97.6 cm³/mol. The Morgan fingerprint density at radius 2 is 1.81 bits per heavy atom. The number of hydrogen-bond donors (Lipinski definition) is 2. The number of H-pyrrole nitrogens is 1. The van der Waals surface area contributed by atoms with Crippen LogP contribution in [0.25, 0.3) is 5.69 Å². The normalized spacial score (nSPS) is 15.6. The van der Waals surface area contributed by atoms with Crippen molar-refractivity contribution < 1.29 is 14.6 Å². The zero-order valence-electron chi connectivity index (χ0n) is 13.1. The molecule has 2 aromatic carbocycles. The minimum atomic E-state index is -1.02. The quantitative estimate of drug-likeness (QED) is 0.520. The summed E-state index contributed by atoms with van der Waals surface area (Å²) >= 11 is 11.1. The molecule has 130 valence electrons. The van der Waals surface area contributed by atoms with Crippen LogP contribution in [0.5, 0.6) is 5.88 Å². The Morgan fingerprint density at radius 3 is 2.54 bits per heavy atom. The highest BCUT2D eigenvalue weighted by Crippen LogP contribution is 2.38. The van der Waals surface area contributed by atoms with Crippen molar-refractivity contribution in [3.8, 4) is 11.6 Å². The van der Waals surface area contributed by atoms with E-state index in [0.717, 1.165) is 0 Å². The average molecular weight is 387 g/mol. The van der Waals surface area contributed by atoms with Crippen molar-refractivity contribution in [1.29, 1.82) is 0 Å². The lowest BCUT2D eigenvalue weighted by Crippen LogP contribution is -2.21. The Balaban J connectivity index is 1.96. The lowest BCUT2D eigenvalue weighted by Gasteiger charge is -2.16. The number of carbonyl (C=O) groups is 1. The largest absolute Gasteiger partial charge is 0.494 e. The molecule has 26 heavy (non-hydrogen) atoms. The van der Waals surface area contributed by atoms with E-state index in [2.05, 4.69) is 4.98 Å². The van der Waals surface area contributed by atoms with Crippen LogP contribution in [-0.4, -0.2) is 20.6 Å². The Kier molecular flexibility index (Phi) is 3.90. The molecular weight excluding hydrogens is 376 g/mol. The molecule has 0 fully saturated rings. The minimum absolute atomic E-state index is 0.0104. The second-order valence-corrected chi connectivity index (χ2v) is 6.50. The summed E-state index contributed by atoms with van der Waals surface area (Å²) in [6, 6.07) is 13.3. The number of nitrogens with one attached hydrogen (secondary N) is 1. The highest BCUT2D eigenvalue weighted by Gasteiger charge is 2.36. The molecule has 0 unspecified atom stereocenters. The zero-order chi connectivity index (χ0) is 18.4. The van der Waals surface area contributed by atoms with Crippen LogP contribution >= 0.6 is 23.8 Å². The van der Waals surface area contributed by atoms with Gasteiger partial charge in [-0.1, -0.05) is 29.8 Å². The topological polar surface area (TPSA) is 84.3 Å². The number of carbonyl (C=O) groups excluding carboxylic acids is 1. The van der Waals surface area contributed by atoms with Crippen LogP contribution in [0.4, 0.5) is 0 Å². The lowest BCUT2D eigenvalue weighted by atomic mass is 10.0. The second kappa shape index (κ2) is 6.12. The third kappa shape index (κ3) is 2.53. The summed E-state index contributed by atoms with van der Waals surface area (Å²) in [5.41, 5.74) is 0.668. The van der Waals surface area contributed by atoms with Crippen molar-refractivity contribution in [2.24, 2.45) is 0 Å². The van der Waals surface area contributed by atoms with Crippen molar-refractivity contribution in [2.75, 3.05) is 0 Å². The van der Waals surface area contributed by atoms with Gasteiger partial charge < -0.3 is 9.84 Å². The van der Waals surface area contributed by atoms with Crippen molar-refractivity contribution in [3.05, 3.63) is 85.4 Å². The summed E-state index contributed by atoms with van der Waals surface area (Å²) < 4.78 is 6.64. The Labute approximate surface area is 157 Å². The number of halogens is 1. The highest BCUT2D eigenvalue weighted by atomic mass is 35.5. The molecule has 0 amide bonds. The molecule has 1 aliphatic heterocycles. The number of cyclic esters (lactones) is 1. The molecule has 1 aliphatic rings. The summed E-state index contributed by atoms with van der Waals surface area (Å²) in [4.78, 5) is 27.1. The number of hydrogen-bond acceptors (Lipinski definition) is 5. The molecule has 1 aromatic heterocycles. The van der Waals surface area contributed by atoms with Gasteiger partial charge in [0.05, 0.1) is 11.3 Å². The first-order chi connectivity index (χ1) is 12.5. The third-order valence-corrected chi connectivity index (χ3v) is 4.69. The van der Waals surface area contributed by atoms with Gasteiger partial charge in [-0.3, -0.25) is 14.3 Å². The first kappa shape index (κ1) is 16.6. The summed E-state index contributed by atoms with van der Waals surface area (Å²) in [7, 11) is 0. The van der Waals surface area contributed by atoms with Gasteiger partial charge in [0.1, 0.15) is 5.56 Å². The van der Waals surface area contributed by atoms with E-state index >= 15 is 0 Å². The van der Waals surface area contributed by atoms with Crippen LogP contribution < -0.4 is 5.56 Å². The minimum Gasteiger partial charge on any atom is -0.494 e. The van der Waals surface area contributed by atoms with Gasteiger partial charge in [-0.2, -0.15) is 0 Å². The van der Waals surface area contributed by atoms with E-state index < -0.39 is 23.5 Å². The number of esters is 1. The number of aromatic hydroxyl groups is 1. The molecular formula is C18H11ClN2O4S. The second-order valence-electron chi connectivity index (χ2n) is 5.68. The standard InChI is InChI=1S/C18H11ClN2O4S/c19-9-5-7-10(8-6-9)21-16(23)13(15(22)20-18(21)26)14-11-3-1-2-4-12(11)17(24)25-14/h1-8,14,23H,(H,20,22,26)/t14-/m0/s1. The van der Waals surface area contributed by atoms with Crippen LogP contribution in [-0.2, 0) is 4.74 Å². The molecule has 0 saturated heterocycles. The Bertz CT molecular complexity index is 1150. The SMILES string of the molecule is O=C1O[C@H](c2c(O)n(-c3ccc(Cl)cc3)c(=S)[nH]c2=O)c2ccccc21. The highest BCUT2D eigenvalue weighted by molar-refractivity contribution is 7.71. The fraction of sp³-hybridized carbons (Fsp3) is 0.0556. The van der Waals surface area contributed by atoms with Crippen LogP contribution in [0.15, 0.2) is 53.3 Å². The van der Waals surface area contributed by atoms with Crippen molar-refractivity contribution in [1.82, 2.24) is 9.55 Å². The van der Waals surface area contributed by atoms with Crippen LogP contribution in [0.1, 0.15) is 27.6 Å². The molecule has 3 aromatic rings. The van der Waals surface area contributed by atoms with E-state index in [9.17, 15) is 14.7 Å². The Morgan fingerprint density at radius 1 is 1.12 bits per heavy atom. The molecule has 0 aliphatic carbocycles. The fourth-order valence-corrected chi connectivity index (χ4v) is 3.38. The zero-order valence-corrected chi connectivity index (χ0v) is 14.7. The molecule has 2 heterocycles. The molecule has 1 atom stereocenters. The summed E-state index contributed by atoms with van der Waals surface area (Å²) in [5.74, 6) is -0.944. The molecule has 8 heteroatoms. The third-order valence-electron chi connectivity index (χ3n) is 4.16. The van der Waals surface area contributed by atoms with Gasteiger partial charge in [0.2, 0.25) is 5.88 Å². The molecule has 0 bridgehead atoms. The number of rotatable bonds is 2.